The third kappa shape index (κ3) is 6.67. The Labute approximate surface area is 137 Å². The van der Waals surface area contributed by atoms with E-state index in [1.165, 1.54) is 11.9 Å². The Morgan fingerprint density at radius 3 is 2.39 bits per heavy atom. The smallest absolute Gasteiger partial charge is 0.317 e. The van der Waals surface area contributed by atoms with Gasteiger partial charge in [0.15, 0.2) is 0 Å². The van der Waals surface area contributed by atoms with E-state index >= 15 is 0 Å². The van der Waals surface area contributed by atoms with Crippen LogP contribution in [0.2, 0.25) is 0 Å². The summed E-state index contributed by atoms with van der Waals surface area (Å²) >= 11 is 0. The molecule has 7 nitrogen and oxygen atoms in total. The number of benzene rings is 1. The fourth-order valence-electron chi connectivity index (χ4n) is 1.89. The van der Waals surface area contributed by atoms with E-state index in [4.69, 9.17) is 5.26 Å². The van der Waals surface area contributed by atoms with Gasteiger partial charge in [0.25, 0.3) is 0 Å². The Bertz CT molecular complexity index is 665. The molecule has 126 valence electrons. The standard InChI is InChI=1S/C15H22N4O3S/c1-12(8-16)10-19(3)15(20)18-9-13-4-6-14(7-5-13)11-23(21,22)17-2/h4-7,12,17H,9-11H2,1-3H3,(H,18,20)/t12-/m1/s1. The van der Waals surface area contributed by atoms with E-state index in [-0.39, 0.29) is 17.7 Å². The first-order valence-corrected chi connectivity index (χ1v) is 8.80. The van der Waals surface area contributed by atoms with Crippen molar-refractivity contribution in [2.75, 3.05) is 20.6 Å². The summed E-state index contributed by atoms with van der Waals surface area (Å²) in [5.41, 5.74) is 1.54. The molecule has 0 bridgehead atoms. The summed E-state index contributed by atoms with van der Waals surface area (Å²) < 4.78 is 25.2. The summed E-state index contributed by atoms with van der Waals surface area (Å²) in [6.07, 6.45) is 0. The molecule has 2 amide bonds. The van der Waals surface area contributed by atoms with Crippen LogP contribution in [-0.4, -0.2) is 40.0 Å². The molecule has 0 unspecified atom stereocenters. The van der Waals surface area contributed by atoms with Gasteiger partial charge in [0.2, 0.25) is 10.0 Å². The first-order chi connectivity index (χ1) is 10.8. The maximum atomic E-state index is 11.9. The van der Waals surface area contributed by atoms with E-state index in [1.54, 1.807) is 38.2 Å². The first-order valence-electron chi connectivity index (χ1n) is 7.15. The molecular formula is C15H22N4O3S. The second kappa shape index (κ2) is 8.50. The summed E-state index contributed by atoms with van der Waals surface area (Å²) in [4.78, 5) is 13.3. The topological polar surface area (TPSA) is 102 Å². The van der Waals surface area contributed by atoms with Crippen molar-refractivity contribution in [3.05, 3.63) is 35.4 Å². The monoisotopic (exact) mass is 338 g/mol. The highest BCUT2D eigenvalue weighted by atomic mass is 32.2. The molecule has 0 aromatic heterocycles. The van der Waals surface area contributed by atoms with Gasteiger partial charge >= 0.3 is 6.03 Å². The van der Waals surface area contributed by atoms with Crippen LogP contribution in [0.25, 0.3) is 0 Å². The predicted octanol–water partition coefficient (Wildman–Crippen LogP) is 1.04. The van der Waals surface area contributed by atoms with Crippen LogP contribution in [0.1, 0.15) is 18.1 Å². The molecule has 0 heterocycles. The van der Waals surface area contributed by atoms with Gasteiger partial charge in [0.1, 0.15) is 0 Å². The zero-order valence-corrected chi connectivity index (χ0v) is 14.4. The van der Waals surface area contributed by atoms with Crippen molar-refractivity contribution in [3.8, 4) is 6.07 Å². The van der Waals surface area contributed by atoms with Gasteiger partial charge in [-0.05, 0) is 25.1 Å². The normalized spacial score (nSPS) is 12.3. The van der Waals surface area contributed by atoms with Crippen molar-refractivity contribution in [3.63, 3.8) is 0 Å². The number of sulfonamides is 1. The number of rotatable bonds is 7. The Morgan fingerprint density at radius 1 is 1.30 bits per heavy atom. The van der Waals surface area contributed by atoms with Gasteiger partial charge in [-0.1, -0.05) is 24.3 Å². The molecule has 0 spiro atoms. The summed E-state index contributed by atoms with van der Waals surface area (Å²) in [6.45, 7) is 2.45. The number of urea groups is 1. The molecule has 1 aromatic rings. The number of hydrogen-bond acceptors (Lipinski definition) is 4. The number of carbonyl (C=O) groups excluding carboxylic acids is 1. The Hall–Kier alpha value is -2.11. The van der Waals surface area contributed by atoms with Crippen molar-refractivity contribution in [2.24, 2.45) is 5.92 Å². The molecule has 2 N–H and O–H groups in total. The highest BCUT2D eigenvalue weighted by molar-refractivity contribution is 7.88. The first kappa shape index (κ1) is 18.9. The average Bonchev–Trinajstić information content (AvgIpc) is 2.53. The highest BCUT2D eigenvalue weighted by Crippen LogP contribution is 2.08. The minimum atomic E-state index is -3.29. The van der Waals surface area contributed by atoms with Gasteiger partial charge in [-0.2, -0.15) is 5.26 Å². The van der Waals surface area contributed by atoms with E-state index in [0.717, 1.165) is 5.56 Å². The lowest BCUT2D eigenvalue weighted by Gasteiger charge is -2.19. The second-order valence-electron chi connectivity index (χ2n) is 5.35. The molecule has 0 radical (unpaired) electrons. The van der Waals surface area contributed by atoms with Gasteiger partial charge in [0, 0.05) is 20.1 Å². The van der Waals surface area contributed by atoms with Crippen molar-refractivity contribution in [1.82, 2.24) is 14.9 Å². The summed E-state index contributed by atoms with van der Waals surface area (Å²) in [5, 5.41) is 11.5. The lowest BCUT2D eigenvalue weighted by Crippen LogP contribution is -2.38. The van der Waals surface area contributed by atoms with Gasteiger partial charge in [0.05, 0.1) is 17.7 Å². The van der Waals surface area contributed by atoms with Gasteiger partial charge < -0.3 is 10.2 Å². The Kier molecular flexibility index (Phi) is 7.00. The van der Waals surface area contributed by atoms with Crippen molar-refractivity contribution in [1.29, 1.82) is 5.26 Å². The number of amides is 2. The number of carbonyl (C=O) groups is 1. The SMILES string of the molecule is CNS(=O)(=O)Cc1ccc(CNC(=O)N(C)C[C@H](C)C#N)cc1. The van der Waals surface area contributed by atoms with E-state index in [1.807, 2.05) is 0 Å². The zero-order valence-electron chi connectivity index (χ0n) is 13.5. The van der Waals surface area contributed by atoms with Crippen LogP contribution in [0.15, 0.2) is 24.3 Å². The molecule has 0 aliphatic rings. The third-order valence-corrected chi connectivity index (χ3v) is 4.58. The molecule has 1 rings (SSSR count). The van der Waals surface area contributed by atoms with Crippen molar-refractivity contribution < 1.29 is 13.2 Å². The third-order valence-electron chi connectivity index (χ3n) is 3.25. The quantitative estimate of drug-likeness (QED) is 0.775. The molecule has 0 saturated carbocycles. The minimum absolute atomic E-state index is 0.0784. The summed E-state index contributed by atoms with van der Waals surface area (Å²) in [7, 11) is -0.278. The number of nitriles is 1. The molecule has 23 heavy (non-hydrogen) atoms. The Morgan fingerprint density at radius 2 is 1.87 bits per heavy atom. The molecule has 0 saturated heterocycles. The molecular weight excluding hydrogens is 316 g/mol. The molecule has 0 aliphatic heterocycles. The van der Waals surface area contributed by atoms with Gasteiger partial charge in [-0.3, -0.25) is 0 Å². The predicted molar refractivity (Wildman–Crippen MR) is 87.8 cm³/mol. The maximum absolute atomic E-state index is 11.9. The molecule has 1 aromatic carbocycles. The minimum Gasteiger partial charge on any atom is -0.334 e. The van der Waals surface area contributed by atoms with Crippen molar-refractivity contribution >= 4 is 16.1 Å². The molecule has 1 atom stereocenters. The second-order valence-corrected chi connectivity index (χ2v) is 7.28. The fourth-order valence-corrected chi connectivity index (χ4v) is 2.67. The van der Waals surface area contributed by atoms with E-state index < -0.39 is 10.0 Å². The number of nitrogens with one attached hydrogen (secondary N) is 2. The number of hydrogen-bond donors (Lipinski definition) is 2. The van der Waals surface area contributed by atoms with Gasteiger partial charge in [-0.25, -0.2) is 17.9 Å². The van der Waals surface area contributed by atoms with E-state index in [0.29, 0.717) is 18.7 Å². The van der Waals surface area contributed by atoms with Crippen LogP contribution in [0.4, 0.5) is 4.79 Å². The Balaban J connectivity index is 2.53. The van der Waals surface area contributed by atoms with Crippen LogP contribution in [0.3, 0.4) is 0 Å². The lowest BCUT2D eigenvalue weighted by atomic mass is 10.1. The molecule has 8 heteroatoms. The fraction of sp³-hybridized carbons (Fsp3) is 0.467. The lowest BCUT2D eigenvalue weighted by molar-refractivity contribution is 0.205. The summed E-state index contributed by atoms with van der Waals surface area (Å²) in [6, 6.07) is 8.82. The van der Waals surface area contributed by atoms with E-state index in [2.05, 4.69) is 16.1 Å². The largest absolute Gasteiger partial charge is 0.334 e. The molecule has 0 fully saturated rings. The van der Waals surface area contributed by atoms with Crippen LogP contribution >= 0.6 is 0 Å². The maximum Gasteiger partial charge on any atom is 0.317 e. The van der Waals surface area contributed by atoms with Gasteiger partial charge in [-0.15, -0.1) is 0 Å². The molecule has 0 aliphatic carbocycles. The van der Waals surface area contributed by atoms with Crippen molar-refractivity contribution in [2.45, 2.75) is 19.2 Å². The average molecular weight is 338 g/mol. The van der Waals surface area contributed by atoms with E-state index in [9.17, 15) is 13.2 Å². The summed E-state index contributed by atoms with van der Waals surface area (Å²) in [5.74, 6) is -0.301. The highest BCUT2D eigenvalue weighted by Gasteiger charge is 2.12. The number of nitrogens with zero attached hydrogens (tertiary/aromatic N) is 2. The van der Waals surface area contributed by atoms with Crippen LogP contribution in [0, 0.1) is 17.2 Å². The zero-order chi connectivity index (χ0) is 17.5. The van der Waals surface area contributed by atoms with Crippen LogP contribution < -0.4 is 10.0 Å². The van der Waals surface area contributed by atoms with Crippen LogP contribution in [-0.2, 0) is 22.3 Å². The van der Waals surface area contributed by atoms with Crippen LogP contribution in [0.5, 0.6) is 0 Å².